The Balaban J connectivity index is 3.39. The van der Waals surface area contributed by atoms with Crippen LogP contribution in [-0.4, -0.2) is 18.2 Å². The molecule has 0 spiro atoms. The molecular formula is C9H10FN2O2+. The summed E-state index contributed by atoms with van der Waals surface area (Å²) < 4.78 is 12.9. The van der Waals surface area contributed by atoms with Crippen LogP contribution in [0.4, 0.5) is 10.1 Å². The van der Waals surface area contributed by atoms with Crippen molar-refractivity contribution in [1.29, 1.82) is 5.41 Å². The van der Waals surface area contributed by atoms with Gasteiger partial charge < -0.3 is 5.41 Å². The zero-order valence-electron chi connectivity index (χ0n) is 7.87. The molecule has 1 N–H and O–H groups in total. The number of nitrogens with one attached hydrogen (secondary N) is 1. The normalized spacial score (nSPS) is 9.64. The fourth-order valence-electron chi connectivity index (χ4n) is 1.17. The molecule has 0 aliphatic heterocycles. The molecule has 0 radical (unpaired) electrons. The Morgan fingerprint density at radius 2 is 2.21 bits per heavy atom. The molecule has 0 saturated heterocycles. The van der Waals surface area contributed by atoms with Gasteiger partial charge in [-0.2, -0.15) is 0 Å². The van der Waals surface area contributed by atoms with E-state index in [1.807, 2.05) is 0 Å². The molecule has 74 valence electrons. The van der Waals surface area contributed by atoms with Crippen molar-refractivity contribution in [2.45, 2.75) is 6.92 Å². The van der Waals surface area contributed by atoms with Crippen molar-refractivity contribution in [3.8, 4) is 0 Å². The van der Waals surface area contributed by atoms with Crippen LogP contribution in [0.15, 0.2) is 12.1 Å². The summed E-state index contributed by atoms with van der Waals surface area (Å²) in [5, 5.41) is 7.10. The Hall–Kier alpha value is -1.78. The van der Waals surface area contributed by atoms with Crippen LogP contribution in [0.25, 0.3) is 0 Å². The molecule has 0 amide bonds. The van der Waals surface area contributed by atoms with Gasteiger partial charge in [0.2, 0.25) is 0 Å². The molecule has 0 aliphatic carbocycles. The van der Waals surface area contributed by atoms with Gasteiger partial charge in [-0.15, -0.1) is 0 Å². The van der Waals surface area contributed by atoms with Gasteiger partial charge in [-0.25, -0.2) is 9.23 Å². The van der Waals surface area contributed by atoms with E-state index in [4.69, 9.17) is 5.41 Å². The first-order chi connectivity index (χ1) is 6.60. The summed E-state index contributed by atoms with van der Waals surface area (Å²) in [5.74, 6) is -0.527. The molecule has 4 nitrogen and oxygen atoms in total. The summed E-state index contributed by atoms with van der Waals surface area (Å²) in [5.41, 5.74) is 0.871. The summed E-state index contributed by atoms with van der Waals surface area (Å²) in [4.78, 5) is 15.7. The minimum absolute atomic E-state index is 0.000000000000000444. The molecule has 1 aromatic rings. The summed E-state index contributed by atoms with van der Waals surface area (Å²) >= 11 is 0. The maximum absolute atomic E-state index is 12.9. The van der Waals surface area contributed by atoms with Crippen LogP contribution in [0.5, 0.6) is 0 Å². The van der Waals surface area contributed by atoms with Crippen LogP contribution in [0.3, 0.4) is 0 Å². The zero-order chi connectivity index (χ0) is 10.7. The molecule has 0 aromatic heterocycles. The van der Waals surface area contributed by atoms with Crippen LogP contribution < -0.4 is 0 Å². The lowest BCUT2D eigenvalue weighted by atomic mass is 10.1. The van der Waals surface area contributed by atoms with Gasteiger partial charge in [-0.1, -0.05) is 0 Å². The second-order valence-electron chi connectivity index (χ2n) is 2.74. The smallest absolute Gasteiger partial charge is 0.308 e. The van der Waals surface area contributed by atoms with E-state index in [1.54, 1.807) is 6.92 Å². The molecular weight excluding hydrogens is 187 g/mol. The topological polar surface area (TPSA) is 53.2 Å². The van der Waals surface area contributed by atoms with Crippen LogP contribution >= 0.6 is 0 Å². The minimum Gasteiger partial charge on any atom is -0.308 e. The van der Waals surface area contributed by atoms with E-state index < -0.39 is 5.82 Å². The first-order valence-corrected chi connectivity index (χ1v) is 3.92. The Kier molecular flexibility index (Phi) is 2.91. The van der Waals surface area contributed by atoms with E-state index in [2.05, 4.69) is 4.84 Å². The number of nitrogens with zero attached hydrogens (tertiary/aromatic N) is 1. The number of aryl methyl sites for hydroxylation is 1. The molecule has 0 atom stereocenters. The number of hydrogen-bond acceptors (Lipinski definition) is 3. The van der Waals surface area contributed by atoms with Crippen molar-refractivity contribution in [2.75, 3.05) is 7.11 Å². The Bertz CT molecular complexity index is 391. The largest absolute Gasteiger partial charge is 0.328 e. The Morgan fingerprint density at radius 1 is 1.57 bits per heavy atom. The second kappa shape index (κ2) is 3.95. The quantitative estimate of drug-likeness (QED) is 0.596. The lowest BCUT2D eigenvalue weighted by molar-refractivity contribution is -0.736. The van der Waals surface area contributed by atoms with Gasteiger partial charge >= 0.3 is 5.69 Å². The molecule has 14 heavy (non-hydrogen) atoms. The summed E-state index contributed by atoms with van der Waals surface area (Å²) in [7, 11) is 1.18. The van der Waals surface area contributed by atoms with E-state index >= 15 is 0 Å². The van der Waals surface area contributed by atoms with Crippen LogP contribution in [0, 0.1) is 23.1 Å². The van der Waals surface area contributed by atoms with Crippen molar-refractivity contribution in [3.63, 3.8) is 0 Å². The van der Waals surface area contributed by atoms with Crippen molar-refractivity contribution in [3.05, 3.63) is 34.0 Å². The third-order valence-electron chi connectivity index (χ3n) is 1.84. The molecule has 0 fully saturated rings. The van der Waals surface area contributed by atoms with Gasteiger partial charge in [0, 0.05) is 6.21 Å². The maximum Gasteiger partial charge on any atom is 0.328 e. The summed E-state index contributed by atoms with van der Waals surface area (Å²) in [6, 6.07) is 2.29. The molecule has 5 heteroatoms. The van der Waals surface area contributed by atoms with Crippen LogP contribution in [0.2, 0.25) is 0 Å². The van der Waals surface area contributed by atoms with Gasteiger partial charge in [0.15, 0.2) is 7.11 Å². The first kappa shape index (κ1) is 10.3. The molecule has 1 aromatic carbocycles. The van der Waals surface area contributed by atoms with Crippen molar-refractivity contribution in [1.82, 2.24) is 0 Å². The van der Waals surface area contributed by atoms with E-state index in [-0.39, 0.29) is 10.6 Å². The number of halogens is 1. The molecule has 0 unspecified atom stereocenters. The summed E-state index contributed by atoms with van der Waals surface area (Å²) in [6.07, 6.45) is 0.994. The maximum atomic E-state index is 12.9. The number of rotatable bonds is 3. The van der Waals surface area contributed by atoms with E-state index in [9.17, 15) is 9.30 Å². The highest BCUT2D eigenvalue weighted by Crippen LogP contribution is 2.22. The second-order valence-corrected chi connectivity index (χ2v) is 2.74. The zero-order valence-corrected chi connectivity index (χ0v) is 7.87. The lowest BCUT2D eigenvalue weighted by Gasteiger charge is -1.99. The Labute approximate surface area is 80.3 Å². The minimum atomic E-state index is -0.527. The fourth-order valence-corrected chi connectivity index (χ4v) is 1.17. The SMILES string of the molecule is CO[N+](=O)c1cc(F)cc(C)c1C=N. The predicted octanol–water partition coefficient (Wildman–Crippen LogP) is 2.10. The lowest BCUT2D eigenvalue weighted by Crippen LogP contribution is -2.03. The number of hydrogen-bond donors (Lipinski definition) is 1. The average molecular weight is 197 g/mol. The average Bonchev–Trinajstić information content (AvgIpc) is 2.15. The van der Waals surface area contributed by atoms with E-state index in [0.717, 1.165) is 12.3 Å². The molecule has 0 aliphatic rings. The fraction of sp³-hybridized carbons (Fsp3) is 0.222. The molecule has 0 saturated carbocycles. The van der Waals surface area contributed by atoms with Gasteiger partial charge in [0.25, 0.3) is 4.92 Å². The first-order valence-electron chi connectivity index (χ1n) is 3.92. The van der Waals surface area contributed by atoms with E-state index in [1.165, 1.54) is 13.2 Å². The number of benzene rings is 1. The van der Waals surface area contributed by atoms with Gasteiger partial charge in [0.05, 0.1) is 16.5 Å². The standard InChI is InChI=1S/C9H10FN2O2/c1-6-3-7(10)4-9(8(6)5-11)12(13)14-2/h3-5,11H,1-2H3/q+1. The highest BCUT2D eigenvalue weighted by Gasteiger charge is 2.22. The monoisotopic (exact) mass is 197 g/mol. The van der Waals surface area contributed by atoms with Gasteiger partial charge in [0.1, 0.15) is 5.82 Å². The van der Waals surface area contributed by atoms with E-state index in [0.29, 0.717) is 11.1 Å². The van der Waals surface area contributed by atoms with Gasteiger partial charge in [-0.3, -0.25) is 0 Å². The molecule has 0 bridgehead atoms. The third kappa shape index (κ3) is 1.76. The van der Waals surface area contributed by atoms with Crippen LogP contribution in [0.1, 0.15) is 11.1 Å². The van der Waals surface area contributed by atoms with Crippen molar-refractivity contribution in [2.24, 2.45) is 0 Å². The highest BCUT2D eigenvalue weighted by atomic mass is 19.1. The predicted molar refractivity (Wildman–Crippen MR) is 49.3 cm³/mol. The summed E-state index contributed by atoms with van der Waals surface area (Å²) in [6.45, 7) is 1.62. The highest BCUT2D eigenvalue weighted by molar-refractivity contribution is 5.85. The Morgan fingerprint density at radius 3 is 2.71 bits per heavy atom. The molecule has 1 rings (SSSR count). The van der Waals surface area contributed by atoms with Crippen LogP contribution in [-0.2, 0) is 4.84 Å². The van der Waals surface area contributed by atoms with Crippen molar-refractivity contribution >= 4 is 11.9 Å². The van der Waals surface area contributed by atoms with Gasteiger partial charge in [-0.05, 0) is 18.6 Å². The molecule has 0 heterocycles. The third-order valence-corrected chi connectivity index (χ3v) is 1.84. The van der Waals surface area contributed by atoms with Crippen molar-refractivity contribution < 1.29 is 14.2 Å².